The van der Waals surface area contributed by atoms with Crippen LogP contribution in [0.5, 0.6) is 0 Å². The van der Waals surface area contributed by atoms with E-state index in [0.717, 1.165) is 48.3 Å². The zero-order valence-corrected chi connectivity index (χ0v) is 17.2. The zero-order valence-electron chi connectivity index (χ0n) is 17.2. The second kappa shape index (κ2) is 8.72. The number of benzene rings is 3. The Morgan fingerprint density at radius 3 is 2.20 bits per heavy atom. The predicted octanol–water partition coefficient (Wildman–Crippen LogP) is 5.31. The van der Waals surface area contributed by atoms with Crippen LogP contribution in [0.2, 0.25) is 0 Å². The predicted molar refractivity (Wildman–Crippen MR) is 120 cm³/mol. The van der Waals surface area contributed by atoms with E-state index in [1.54, 1.807) is 12.1 Å². The number of aryl methyl sites for hydroxylation is 1. The summed E-state index contributed by atoms with van der Waals surface area (Å²) in [7, 11) is 0. The number of aliphatic hydroxyl groups is 1. The zero-order chi connectivity index (χ0) is 21.1. The molecule has 3 aromatic carbocycles. The number of hydrogen-bond donors (Lipinski definition) is 2. The van der Waals surface area contributed by atoms with Crippen LogP contribution in [0.15, 0.2) is 72.8 Å². The van der Waals surface area contributed by atoms with E-state index < -0.39 is 12.1 Å². The van der Waals surface area contributed by atoms with Gasteiger partial charge >= 0.3 is 5.97 Å². The summed E-state index contributed by atoms with van der Waals surface area (Å²) in [6.45, 7) is 3.77. The molecule has 0 bridgehead atoms. The normalized spacial score (nSPS) is 15.7. The van der Waals surface area contributed by atoms with Crippen molar-refractivity contribution in [2.75, 3.05) is 18.0 Å². The van der Waals surface area contributed by atoms with Crippen LogP contribution < -0.4 is 4.90 Å². The highest BCUT2D eigenvalue weighted by Gasteiger charge is 2.28. The lowest BCUT2D eigenvalue weighted by atomic mass is 9.84. The Hall–Kier alpha value is -3.11. The summed E-state index contributed by atoms with van der Waals surface area (Å²) in [5.74, 6) is -0.707. The number of anilines is 1. The summed E-state index contributed by atoms with van der Waals surface area (Å²) in [4.78, 5) is 13.3. The number of nitrogens with zero attached hydrogens (tertiary/aromatic N) is 1. The molecular weight excluding hydrogens is 374 g/mol. The van der Waals surface area contributed by atoms with Gasteiger partial charge in [-0.15, -0.1) is 0 Å². The van der Waals surface area contributed by atoms with Crippen LogP contribution in [0.4, 0.5) is 5.69 Å². The van der Waals surface area contributed by atoms with Gasteiger partial charge in [0.1, 0.15) is 0 Å². The first kappa shape index (κ1) is 20.2. The van der Waals surface area contributed by atoms with E-state index in [0.29, 0.717) is 5.56 Å². The number of hydrogen-bond acceptors (Lipinski definition) is 3. The van der Waals surface area contributed by atoms with E-state index in [9.17, 15) is 9.90 Å². The molecule has 0 unspecified atom stereocenters. The lowest BCUT2D eigenvalue weighted by Gasteiger charge is -2.36. The molecule has 0 saturated carbocycles. The Balaban J connectivity index is 1.46. The molecule has 30 heavy (non-hydrogen) atoms. The minimum atomic E-state index is -0.907. The molecule has 4 nitrogen and oxygen atoms in total. The van der Waals surface area contributed by atoms with E-state index in [1.807, 2.05) is 30.3 Å². The number of rotatable bonds is 5. The van der Waals surface area contributed by atoms with E-state index in [2.05, 4.69) is 42.2 Å². The minimum Gasteiger partial charge on any atom is -0.478 e. The molecule has 1 saturated heterocycles. The largest absolute Gasteiger partial charge is 0.478 e. The first-order chi connectivity index (χ1) is 14.5. The van der Waals surface area contributed by atoms with Crippen molar-refractivity contribution in [1.29, 1.82) is 0 Å². The number of carboxylic acid groups (broad SMARTS) is 1. The van der Waals surface area contributed by atoms with Crippen molar-refractivity contribution in [1.82, 2.24) is 0 Å². The van der Waals surface area contributed by atoms with E-state index in [-0.39, 0.29) is 5.92 Å². The van der Waals surface area contributed by atoms with E-state index in [1.165, 1.54) is 5.56 Å². The van der Waals surface area contributed by atoms with Crippen molar-refractivity contribution >= 4 is 11.7 Å². The maximum Gasteiger partial charge on any atom is 0.335 e. The van der Waals surface area contributed by atoms with Gasteiger partial charge in [0.2, 0.25) is 0 Å². The maximum absolute atomic E-state index is 11.2. The van der Waals surface area contributed by atoms with Crippen LogP contribution in [0.1, 0.15) is 40.4 Å². The molecule has 1 aliphatic heterocycles. The van der Waals surface area contributed by atoms with Crippen LogP contribution >= 0.6 is 0 Å². The Kier molecular flexibility index (Phi) is 5.86. The highest BCUT2D eigenvalue weighted by molar-refractivity contribution is 5.88. The first-order valence-corrected chi connectivity index (χ1v) is 10.5. The lowest BCUT2D eigenvalue weighted by molar-refractivity contribution is 0.0696. The summed E-state index contributed by atoms with van der Waals surface area (Å²) < 4.78 is 0. The second-order valence-corrected chi connectivity index (χ2v) is 8.07. The molecule has 0 amide bonds. The molecule has 3 aromatic rings. The van der Waals surface area contributed by atoms with Gasteiger partial charge in [-0.2, -0.15) is 0 Å². The standard InChI is InChI=1S/C26H27NO3/c1-18-6-8-19(9-7-18)23-4-2-3-5-24(23)25(28)20-14-16-27(17-15-20)22-12-10-21(11-13-22)26(29)30/h2-13,20,25,28H,14-17H2,1H3,(H,29,30)/t25-/m1/s1. The Morgan fingerprint density at radius 1 is 0.933 bits per heavy atom. The molecule has 0 radical (unpaired) electrons. The average molecular weight is 402 g/mol. The summed E-state index contributed by atoms with van der Waals surface area (Å²) >= 11 is 0. The smallest absolute Gasteiger partial charge is 0.335 e. The lowest BCUT2D eigenvalue weighted by Crippen LogP contribution is -2.35. The number of piperidine rings is 1. The van der Waals surface area contributed by atoms with Crippen LogP contribution in [0.25, 0.3) is 11.1 Å². The van der Waals surface area contributed by atoms with Gasteiger partial charge in [-0.25, -0.2) is 4.79 Å². The fourth-order valence-electron chi connectivity index (χ4n) is 4.29. The van der Waals surface area contributed by atoms with Crippen molar-refractivity contribution in [3.05, 3.63) is 89.5 Å². The van der Waals surface area contributed by atoms with Gasteiger partial charge in [-0.05, 0) is 66.6 Å². The molecule has 0 aliphatic carbocycles. The van der Waals surface area contributed by atoms with Gasteiger partial charge in [0.05, 0.1) is 11.7 Å². The van der Waals surface area contributed by atoms with Gasteiger partial charge in [-0.3, -0.25) is 0 Å². The van der Waals surface area contributed by atoms with Crippen molar-refractivity contribution in [2.45, 2.75) is 25.9 Å². The molecule has 4 heteroatoms. The molecular formula is C26H27NO3. The fraction of sp³-hybridized carbons (Fsp3) is 0.269. The third kappa shape index (κ3) is 4.24. The Bertz CT molecular complexity index is 1000. The van der Waals surface area contributed by atoms with Crippen LogP contribution in [-0.2, 0) is 0 Å². The molecule has 0 spiro atoms. The van der Waals surface area contributed by atoms with Gasteiger partial charge in [0.25, 0.3) is 0 Å². The monoisotopic (exact) mass is 401 g/mol. The van der Waals surface area contributed by atoms with Crippen molar-refractivity contribution in [3.63, 3.8) is 0 Å². The summed E-state index contributed by atoms with van der Waals surface area (Å²) in [6.07, 6.45) is 1.28. The molecule has 1 fully saturated rings. The molecule has 4 rings (SSSR count). The number of aliphatic hydroxyl groups excluding tert-OH is 1. The Morgan fingerprint density at radius 2 is 1.57 bits per heavy atom. The van der Waals surface area contributed by atoms with Crippen molar-refractivity contribution in [2.24, 2.45) is 5.92 Å². The topological polar surface area (TPSA) is 60.8 Å². The van der Waals surface area contributed by atoms with Crippen molar-refractivity contribution < 1.29 is 15.0 Å². The third-order valence-corrected chi connectivity index (χ3v) is 6.11. The average Bonchev–Trinajstić information content (AvgIpc) is 2.79. The highest BCUT2D eigenvalue weighted by Crippen LogP contribution is 2.37. The van der Waals surface area contributed by atoms with Crippen LogP contribution in [-0.4, -0.2) is 29.3 Å². The number of carbonyl (C=O) groups is 1. The molecule has 1 aliphatic rings. The Labute approximate surface area is 177 Å². The molecule has 0 aromatic heterocycles. The molecule has 1 heterocycles. The van der Waals surface area contributed by atoms with Gasteiger partial charge in [-0.1, -0.05) is 54.1 Å². The SMILES string of the molecule is Cc1ccc(-c2ccccc2[C@H](O)C2CCN(c3ccc(C(=O)O)cc3)CC2)cc1. The van der Waals surface area contributed by atoms with Gasteiger partial charge < -0.3 is 15.1 Å². The van der Waals surface area contributed by atoms with Crippen molar-refractivity contribution in [3.8, 4) is 11.1 Å². The summed E-state index contributed by atoms with van der Waals surface area (Å²) in [6, 6.07) is 23.6. The summed E-state index contributed by atoms with van der Waals surface area (Å²) in [5, 5.41) is 20.3. The summed E-state index contributed by atoms with van der Waals surface area (Å²) in [5.41, 5.74) is 5.78. The van der Waals surface area contributed by atoms with Crippen LogP contribution in [0.3, 0.4) is 0 Å². The molecule has 1 atom stereocenters. The van der Waals surface area contributed by atoms with Crippen LogP contribution in [0, 0.1) is 12.8 Å². The number of aromatic carboxylic acids is 1. The quantitative estimate of drug-likeness (QED) is 0.608. The second-order valence-electron chi connectivity index (χ2n) is 8.07. The van der Waals surface area contributed by atoms with Gasteiger partial charge in [0.15, 0.2) is 0 Å². The van der Waals surface area contributed by atoms with E-state index >= 15 is 0 Å². The first-order valence-electron chi connectivity index (χ1n) is 10.5. The third-order valence-electron chi connectivity index (χ3n) is 6.11. The molecule has 154 valence electrons. The highest BCUT2D eigenvalue weighted by atomic mass is 16.4. The minimum absolute atomic E-state index is 0.200. The van der Waals surface area contributed by atoms with Gasteiger partial charge in [0, 0.05) is 18.8 Å². The maximum atomic E-state index is 11.2. The molecule has 2 N–H and O–H groups in total. The van der Waals surface area contributed by atoms with E-state index in [4.69, 9.17) is 5.11 Å². The number of carboxylic acids is 1. The fourth-order valence-corrected chi connectivity index (χ4v) is 4.29.